The molecule has 0 aliphatic carbocycles. The summed E-state index contributed by atoms with van der Waals surface area (Å²) < 4.78 is 1.80. The number of carbonyl (C=O) groups excluding carboxylic acids is 1. The Kier molecular flexibility index (Phi) is 4.95. The zero-order valence-electron chi connectivity index (χ0n) is 12.4. The third-order valence-corrected chi connectivity index (χ3v) is 3.99. The molecule has 3 heterocycles. The number of rotatable bonds is 6. The van der Waals surface area contributed by atoms with E-state index < -0.39 is 0 Å². The average molecular weight is 324 g/mol. The molecule has 0 fully saturated rings. The van der Waals surface area contributed by atoms with E-state index in [2.05, 4.69) is 15.4 Å². The molecular weight excluding hydrogens is 308 g/mol. The molecule has 0 unspecified atom stereocenters. The van der Waals surface area contributed by atoms with Crippen molar-refractivity contribution >= 4 is 23.3 Å². The molecule has 0 spiro atoms. The van der Waals surface area contributed by atoms with Gasteiger partial charge in [0, 0.05) is 29.9 Å². The first-order chi connectivity index (χ1) is 11.3. The molecule has 3 rings (SSSR count). The fraction of sp³-hybridized carbons (Fsp3) is 0.118. The average Bonchev–Trinajstić information content (AvgIpc) is 3.26. The van der Waals surface area contributed by atoms with Crippen molar-refractivity contribution in [3.05, 3.63) is 65.1 Å². The van der Waals surface area contributed by atoms with Crippen molar-refractivity contribution in [2.75, 3.05) is 6.54 Å². The van der Waals surface area contributed by atoms with Gasteiger partial charge in [-0.15, -0.1) is 11.3 Å². The first kappa shape index (κ1) is 15.2. The Balaban J connectivity index is 1.48. The highest BCUT2D eigenvalue weighted by atomic mass is 32.1. The number of nitrogens with one attached hydrogen (secondary N) is 1. The molecule has 0 aromatic carbocycles. The molecule has 0 aliphatic heterocycles. The van der Waals surface area contributed by atoms with Crippen LogP contribution in [0.4, 0.5) is 0 Å². The van der Waals surface area contributed by atoms with Crippen molar-refractivity contribution in [1.29, 1.82) is 0 Å². The molecule has 0 bridgehead atoms. The maximum atomic E-state index is 11.7. The molecule has 1 N–H and O–H groups in total. The van der Waals surface area contributed by atoms with Crippen LogP contribution in [0.25, 0.3) is 17.5 Å². The maximum absolute atomic E-state index is 11.7. The molecule has 5 nitrogen and oxygen atoms in total. The normalized spacial score (nSPS) is 11.0. The zero-order valence-corrected chi connectivity index (χ0v) is 13.2. The van der Waals surface area contributed by atoms with E-state index in [0.717, 1.165) is 16.3 Å². The van der Waals surface area contributed by atoms with Crippen molar-refractivity contribution in [2.24, 2.45) is 0 Å². The number of nitrogens with zero attached hydrogens (tertiary/aromatic N) is 3. The van der Waals surface area contributed by atoms with Gasteiger partial charge in [0.15, 0.2) is 0 Å². The summed E-state index contributed by atoms with van der Waals surface area (Å²) in [5, 5.41) is 9.28. The van der Waals surface area contributed by atoms with Gasteiger partial charge in [-0.25, -0.2) is 0 Å². The second kappa shape index (κ2) is 7.51. The Bertz CT molecular complexity index is 778. The van der Waals surface area contributed by atoms with Crippen LogP contribution in [0.15, 0.2) is 60.2 Å². The van der Waals surface area contributed by atoms with Gasteiger partial charge in [0.05, 0.1) is 12.2 Å². The van der Waals surface area contributed by atoms with Crippen molar-refractivity contribution in [1.82, 2.24) is 20.1 Å². The SMILES string of the molecule is O=C(/C=C/c1cccs1)NCCn1ccc(-c2ccccn2)n1. The summed E-state index contributed by atoms with van der Waals surface area (Å²) in [5.41, 5.74) is 1.67. The van der Waals surface area contributed by atoms with Crippen LogP contribution in [0.3, 0.4) is 0 Å². The highest BCUT2D eigenvalue weighted by Crippen LogP contribution is 2.12. The number of hydrogen-bond acceptors (Lipinski definition) is 4. The Morgan fingerprint density at radius 3 is 2.96 bits per heavy atom. The van der Waals surface area contributed by atoms with Gasteiger partial charge in [-0.3, -0.25) is 14.5 Å². The Labute approximate surface area is 138 Å². The van der Waals surface area contributed by atoms with E-state index >= 15 is 0 Å². The monoisotopic (exact) mass is 324 g/mol. The number of carbonyl (C=O) groups is 1. The summed E-state index contributed by atoms with van der Waals surface area (Å²) in [4.78, 5) is 17.1. The van der Waals surface area contributed by atoms with Gasteiger partial charge in [-0.1, -0.05) is 12.1 Å². The highest BCUT2D eigenvalue weighted by molar-refractivity contribution is 7.10. The summed E-state index contributed by atoms with van der Waals surface area (Å²) in [6.07, 6.45) is 6.99. The molecule has 0 radical (unpaired) electrons. The standard InChI is InChI=1S/C17H16N4OS/c22-17(7-6-14-4-3-13-23-14)19-10-12-21-11-8-16(20-21)15-5-1-2-9-18-15/h1-9,11,13H,10,12H2,(H,19,22)/b7-6+. The van der Waals surface area contributed by atoms with Crippen LogP contribution in [0, 0.1) is 0 Å². The van der Waals surface area contributed by atoms with Crippen molar-refractivity contribution in [3.63, 3.8) is 0 Å². The molecule has 23 heavy (non-hydrogen) atoms. The number of thiophene rings is 1. The van der Waals surface area contributed by atoms with Crippen molar-refractivity contribution < 1.29 is 4.79 Å². The first-order valence-corrected chi connectivity index (χ1v) is 8.13. The van der Waals surface area contributed by atoms with Gasteiger partial charge in [0.1, 0.15) is 5.69 Å². The quantitative estimate of drug-likeness (QED) is 0.709. The molecule has 116 valence electrons. The minimum atomic E-state index is -0.101. The molecule has 6 heteroatoms. The van der Waals surface area contributed by atoms with Gasteiger partial charge < -0.3 is 5.32 Å². The van der Waals surface area contributed by atoms with Crippen LogP contribution < -0.4 is 5.32 Å². The predicted molar refractivity (Wildman–Crippen MR) is 91.8 cm³/mol. The molecule has 3 aromatic heterocycles. The van der Waals surface area contributed by atoms with Crippen LogP contribution in [-0.4, -0.2) is 27.2 Å². The number of aromatic nitrogens is 3. The summed E-state index contributed by atoms with van der Waals surface area (Å²) in [7, 11) is 0. The highest BCUT2D eigenvalue weighted by Gasteiger charge is 2.03. The maximum Gasteiger partial charge on any atom is 0.244 e. The third kappa shape index (κ3) is 4.37. The van der Waals surface area contributed by atoms with E-state index in [-0.39, 0.29) is 5.91 Å². The first-order valence-electron chi connectivity index (χ1n) is 7.25. The minimum Gasteiger partial charge on any atom is -0.351 e. The number of amides is 1. The van der Waals surface area contributed by atoms with Gasteiger partial charge in [-0.2, -0.15) is 5.10 Å². The fourth-order valence-electron chi connectivity index (χ4n) is 2.03. The lowest BCUT2D eigenvalue weighted by molar-refractivity contribution is -0.116. The second-order valence-corrected chi connectivity index (χ2v) is 5.80. The fourth-order valence-corrected chi connectivity index (χ4v) is 2.65. The molecule has 0 aliphatic rings. The van der Waals surface area contributed by atoms with Crippen molar-refractivity contribution in [3.8, 4) is 11.4 Å². The van der Waals surface area contributed by atoms with Crippen LogP contribution in [0.1, 0.15) is 4.88 Å². The van der Waals surface area contributed by atoms with Gasteiger partial charge in [-0.05, 0) is 35.7 Å². The number of hydrogen-bond donors (Lipinski definition) is 1. The summed E-state index contributed by atoms with van der Waals surface area (Å²) >= 11 is 1.60. The van der Waals surface area contributed by atoms with Crippen molar-refractivity contribution in [2.45, 2.75) is 6.54 Å². The molecule has 3 aromatic rings. The molecule has 0 atom stereocenters. The smallest absolute Gasteiger partial charge is 0.244 e. The largest absolute Gasteiger partial charge is 0.351 e. The van der Waals surface area contributed by atoms with Crippen LogP contribution >= 0.6 is 11.3 Å². The lowest BCUT2D eigenvalue weighted by Gasteiger charge is -2.02. The summed E-state index contributed by atoms with van der Waals surface area (Å²) in [6, 6.07) is 11.6. The molecule has 0 saturated carbocycles. The summed E-state index contributed by atoms with van der Waals surface area (Å²) in [6.45, 7) is 1.14. The van der Waals surface area contributed by atoms with E-state index in [1.807, 2.05) is 54.1 Å². The Morgan fingerprint density at radius 2 is 2.17 bits per heavy atom. The van der Waals surface area contributed by atoms with Gasteiger partial charge in [0.25, 0.3) is 0 Å². The van der Waals surface area contributed by atoms with E-state index in [1.54, 1.807) is 28.3 Å². The Hall–Kier alpha value is -2.73. The van der Waals surface area contributed by atoms with Gasteiger partial charge >= 0.3 is 0 Å². The van der Waals surface area contributed by atoms with E-state index in [1.165, 1.54) is 0 Å². The number of pyridine rings is 1. The molecule has 0 saturated heterocycles. The lowest BCUT2D eigenvalue weighted by Crippen LogP contribution is -2.25. The second-order valence-electron chi connectivity index (χ2n) is 4.82. The van der Waals surface area contributed by atoms with E-state index in [4.69, 9.17) is 0 Å². The van der Waals surface area contributed by atoms with E-state index in [9.17, 15) is 4.79 Å². The molecule has 1 amide bonds. The van der Waals surface area contributed by atoms with E-state index in [0.29, 0.717) is 13.1 Å². The topological polar surface area (TPSA) is 59.8 Å². The Morgan fingerprint density at radius 1 is 1.22 bits per heavy atom. The summed E-state index contributed by atoms with van der Waals surface area (Å²) in [5.74, 6) is -0.101. The predicted octanol–water partition coefficient (Wildman–Crippen LogP) is 2.84. The van der Waals surface area contributed by atoms with Crippen LogP contribution in [-0.2, 0) is 11.3 Å². The van der Waals surface area contributed by atoms with Crippen LogP contribution in [0.5, 0.6) is 0 Å². The van der Waals surface area contributed by atoms with Crippen LogP contribution in [0.2, 0.25) is 0 Å². The molecular formula is C17H16N4OS. The third-order valence-electron chi connectivity index (χ3n) is 3.15. The minimum absolute atomic E-state index is 0.101. The lowest BCUT2D eigenvalue weighted by atomic mass is 10.3. The van der Waals surface area contributed by atoms with Gasteiger partial charge in [0.2, 0.25) is 5.91 Å². The zero-order chi connectivity index (χ0) is 15.9.